The number of esters is 1. The molecule has 1 saturated heterocycles. The fourth-order valence-corrected chi connectivity index (χ4v) is 2.89. The molecular formula is C16H20N2O8. The Bertz CT molecular complexity index is 720. The van der Waals surface area contributed by atoms with Gasteiger partial charge in [-0.1, -0.05) is 0 Å². The summed E-state index contributed by atoms with van der Waals surface area (Å²) in [6, 6.07) is 1.28. The summed E-state index contributed by atoms with van der Waals surface area (Å²) >= 11 is 0. The maximum Gasteiger partial charge on any atom is 0.328 e. The van der Waals surface area contributed by atoms with E-state index in [2.05, 4.69) is 0 Å². The summed E-state index contributed by atoms with van der Waals surface area (Å²) in [6.07, 6.45) is -0.511. The van der Waals surface area contributed by atoms with Gasteiger partial charge < -0.3 is 24.2 Å². The minimum absolute atomic E-state index is 0.000495. The predicted molar refractivity (Wildman–Crippen MR) is 88.3 cm³/mol. The zero-order chi connectivity index (χ0) is 19.4. The Kier molecular flexibility index (Phi) is 5.98. The van der Waals surface area contributed by atoms with Crippen LogP contribution in [0.1, 0.15) is 23.2 Å². The van der Waals surface area contributed by atoms with E-state index in [1.165, 1.54) is 32.3 Å². The maximum absolute atomic E-state index is 13.0. The number of ether oxygens (including phenoxy) is 3. The van der Waals surface area contributed by atoms with Crippen LogP contribution >= 0.6 is 0 Å². The third kappa shape index (κ3) is 3.69. The quantitative estimate of drug-likeness (QED) is 0.458. The number of amides is 1. The molecule has 142 valence electrons. The van der Waals surface area contributed by atoms with Crippen LogP contribution in [0, 0.1) is 10.1 Å². The number of aliphatic hydroxyl groups excluding tert-OH is 1. The first kappa shape index (κ1) is 19.4. The Labute approximate surface area is 149 Å². The molecule has 1 N–H and O–H groups in total. The zero-order valence-electron chi connectivity index (χ0n) is 14.6. The third-order valence-corrected chi connectivity index (χ3v) is 4.24. The molecule has 1 heterocycles. The van der Waals surface area contributed by atoms with Gasteiger partial charge >= 0.3 is 5.97 Å². The molecule has 0 bridgehead atoms. The standard InChI is InChI=1S/C16H20N2O8/c1-24-13-7-10(11(18(22)23)8-14(13)25-2)15(20)17-5-4-9(19)6-12(17)16(21)26-3/h7-9,12,19H,4-6H2,1-3H3/t9-,12+/m1/s1. The molecule has 1 aliphatic rings. The molecule has 0 aliphatic carbocycles. The van der Waals surface area contributed by atoms with E-state index in [1.807, 2.05) is 0 Å². The second-order valence-corrected chi connectivity index (χ2v) is 5.70. The summed E-state index contributed by atoms with van der Waals surface area (Å²) in [5.41, 5.74) is -0.708. The molecule has 10 heteroatoms. The Morgan fingerprint density at radius 1 is 1.23 bits per heavy atom. The van der Waals surface area contributed by atoms with E-state index in [-0.39, 0.29) is 36.4 Å². The van der Waals surface area contributed by atoms with Crippen LogP contribution in [0.25, 0.3) is 0 Å². The van der Waals surface area contributed by atoms with Crippen LogP contribution in [0.4, 0.5) is 5.69 Å². The van der Waals surface area contributed by atoms with Crippen LogP contribution < -0.4 is 9.47 Å². The van der Waals surface area contributed by atoms with E-state index in [0.29, 0.717) is 0 Å². The van der Waals surface area contributed by atoms with E-state index >= 15 is 0 Å². The fourth-order valence-electron chi connectivity index (χ4n) is 2.89. The van der Waals surface area contributed by atoms with Crippen molar-refractivity contribution in [3.63, 3.8) is 0 Å². The lowest BCUT2D eigenvalue weighted by atomic mass is 9.98. The van der Waals surface area contributed by atoms with Crippen LogP contribution in [0.3, 0.4) is 0 Å². The van der Waals surface area contributed by atoms with Gasteiger partial charge in [-0.25, -0.2) is 4.79 Å². The van der Waals surface area contributed by atoms with Crippen LogP contribution in [0.2, 0.25) is 0 Å². The normalized spacial score (nSPS) is 19.6. The predicted octanol–water partition coefficient (Wildman–Crippen LogP) is 0.750. The molecule has 2 atom stereocenters. The summed E-state index contributed by atoms with van der Waals surface area (Å²) in [4.78, 5) is 36.8. The van der Waals surface area contributed by atoms with Gasteiger partial charge in [-0.2, -0.15) is 0 Å². The number of likely N-dealkylation sites (tertiary alicyclic amines) is 1. The molecule has 0 radical (unpaired) electrons. The van der Waals surface area contributed by atoms with Gasteiger partial charge in [0, 0.05) is 19.0 Å². The smallest absolute Gasteiger partial charge is 0.328 e. The van der Waals surface area contributed by atoms with Crippen molar-refractivity contribution >= 4 is 17.6 Å². The number of carbonyl (C=O) groups is 2. The van der Waals surface area contributed by atoms with Gasteiger partial charge in [-0.05, 0) is 6.42 Å². The molecule has 10 nitrogen and oxygen atoms in total. The monoisotopic (exact) mass is 368 g/mol. The lowest BCUT2D eigenvalue weighted by molar-refractivity contribution is -0.385. The van der Waals surface area contributed by atoms with E-state index in [1.54, 1.807) is 0 Å². The minimum Gasteiger partial charge on any atom is -0.493 e. The van der Waals surface area contributed by atoms with Gasteiger partial charge in [0.15, 0.2) is 11.5 Å². The molecule has 0 saturated carbocycles. The second kappa shape index (κ2) is 8.00. The first-order valence-electron chi connectivity index (χ1n) is 7.81. The van der Waals surface area contributed by atoms with E-state index in [9.17, 15) is 24.8 Å². The summed E-state index contributed by atoms with van der Waals surface area (Å²) in [6.45, 7) is 0.0608. The van der Waals surface area contributed by atoms with Crippen molar-refractivity contribution in [3.05, 3.63) is 27.8 Å². The number of aliphatic hydroxyl groups is 1. The van der Waals surface area contributed by atoms with E-state index in [0.717, 1.165) is 6.07 Å². The number of nitro benzene ring substituents is 1. The summed E-state index contributed by atoms with van der Waals surface area (Å²) in [5, 5.41) is 21.2. The van der Waals surface area contributed by atoms with Gasteiger partial charge in [0.05, 0.1) is 38.4 Å². The van der Waals surface area contributed by atoms with Crippen molar-refractivity contribution in [2.75, 3.05) is 27.9 Å². The van der Waals surface area contributed by atoms with Gasteiger partial charge in [0.2, 0.25) is 0 Å². The molecule has 1 aliphatic heterocycles. The largest absolute Gasteiger partial charge is 0.493 e. The second-order valence-electron chi connectivity index (χ2n) is 5.70. The Balaban J connectivity index is 2.49. The number of piperidine rings is 1. The number of hydrogen-bond donors (Lipinski definition) is 1. The summed E-state index contributed by atoms with van der Waals surface area (Å²) < 4.78 is 14.8. The van der Waals surface area contributed by atoms with Gasteiger partial charge in [-0.15, -0.1) is 0 Å². The minimum atomic E-state index is -1.02. The number of nitrogens with zero attached hydrogens (tertiary/aromatic N) is 2. The van der Waals surface area contributed by atoms with Crippen LogP contribution in [-0.4, -0.2) is 66.8 Å². The Morgan fingerprint density at radius 3 is 2.38 bits per heavy atom. The van der Waals surface area contributed by atoms with Crippen molar-refractivity contribution < 1.29 is 33.8 Å². The molecule has 0 aromatic heterocycles. The highest BCUT2D eigenvalue weighted by atomic mass is 16.6. The fraction of sp³-hybridized carbons (Fsp3) is 0.500. The number of benzene rings is 1. The third-order valence-electron chi connectivity index (χ3n) is 4.24. The molecular weight excluding hydrogens is 348 g/mol. The average Bonchev–Trinajstić information content (AvgIpc) is 2.65. The van der Waals surface area contributed by atoms with E-state index in [4.69, 9.17) is 14.2 Å². The maximum atomic E-state index is 13.0. The van der Waals surface area contributed by atoms with E-state index < -0.39 is 34.6 Å². The highest BCUT2D eigenvalue weighted by Gasteiger charge is 2.39. The van der Waals surface area contributed by atoms with Crippen molar-refractivity contribution in [2.24, 2.45) is 0 Å². The van der Waals surface area contributed by atoms with Gasteiger partial charge in [-0.3, -0.25) is 14.9 Å². The number of methoxy groups -OCH3 is 3. The molecule has 0 unspecified atom stereocenters. The SMILES string of the molecule is COC(=O)[C@@H]1C[C@H](O)CCN1C(=O)c1cc(OC)c(OC)cc1[N+](=O)[O-]. The summed E-state index contributed by atoms with van der Waals surface area (Å²) in [7, 11) is 3.83. The Morgan fingerprint density at radius 2 is 1.85 bits per heavy atom. The summed E-state index contributed by atoms with van der Waals surface area (Å²) in [5.74, 6) is -1.16. The van der Waals surface area contributed by atoms with Crippen molar-refractivity contribution in [1.82, 2.24) is 4.90 Å². The van der Waals surface area contributed by atoms with Gasteiger partial charge in [0.25, 0.3) is 11.6 Å². The lowest BCUT2D eigenvalue weighted by Gasteiger charge is -2.36. The van der Waals surface area contributed by atoms with Crippen LogP contribution in [0.15, 0.2) is 12.1 Å². The van der Waals surface area contributed by atoms with Crippen LogP contribution in [0.5, 0.6) is 11.5 Å². The lowest BCUT2D eigenvalue weighted by Crippen LogP contribution is -2.51. The topological polar surface area (TPSA) is 128 Å². The molecule has 1 amide bonds. The van der Waals surface area contributed by atoms with Crippen molar-refractivity contribution in [2.45, 2.75) is 25.0 Å². The van der Waals surface area contributed by atoms with Gasteiger partial charge in [0.1, 0.15) is 11.6 Å². The molecule has 26 heavy (non-hydrogen) atoms. The zero-order valence-corrected chi connectivity index (χ0v) is 14.6. The number of carbonyl (C=O) groups excluding carboxylic acids is 2. The average molecular weight is 368 g/mol. The Hall–Kier alpha value is -2.88. The van der Waals surface area contributed by atoms with Crippen LogP contribution in [-0.2, 0) is 9.53 Å². The first-order chi connectivity index (χ1) is 12.3. The molecule has 0 spiro atoms. The molecule has 1 aromatic rings. The molecule has 1 aromatic carbocycles. The highest BCUT2D eigenvalue weighted by molar-refractivity contribution is 6.01. The number of rotatable bonds is 5. The molecule has 1 fully saturated rings. The number of nitro groups is 1. The number of hydrogen-bond acceptors (Lipinski definition) is 8. The molecule has 2 rings (SSSR count). The first-order valence-corrected chi connectivity index (χ1v) is 7.81. The van der Waals surface area contributed by atoms with Crippen molar-refractivity contribution in [1.29, 1.82) is 0 Å². The van der Waals surface area contributed by atoms with Crippen molar-refractivity contribution in [3.8, 4) is 11.5 Å². The highest BCUT2D eigenvalue weighted by Crippen LogP contribution is 2.36.